The summed E-state index contributed by atoms with van der Waals surface area (Å²) in [5.41, 5.74) is 1.80. The summed E-state index contributed by atoms with van der Waals surface area (Å²) in [6, 6.07) is 14.5. The number of Topliss-reactive ketones (excluding diaryl/α,β-unsaturated/α-hetero) is 1. The van der Waals surface area contributed by atoms with Gasteiger partial charge in [-0.05, 0) is 79.3 Å². The molecule has 2 atom stereocenters. The first-order valence-electron chi connectivity index (χ1n) is 13.4. The van der Waals surface area contributed by atoms with E-state index in [1.54, 1.807) is 24.3 Å². The van der Waals surface area contributed by atoms with Crippen LogP contribution in [0, 0.1) is 29.2 Å². The molecule has 4 rings (SSSR count). The van der Waals surface area contributed by atoms with Gasteiger partial charge in [-0.2, -0.15) is 0 Å². The van der Waals surface area contributed by atoms with Gasteiger partial charge in [-0.3, -0.25) is 9.59 Å². The van der Waals surface area contributed by atoms with Crippen LogP contribution in [0.5, 0.6) is 5.75 Å². The summed E-state index contributed by atoms with van der Waals surface area (Å²) in [6.07, 6.45) is 2.89. The summed E-state index contributed by atoms with van der Waals surface area (Å²) in [7, 11) is 0. The zero-order valence-corrected chi connectivity index (χ0v) is 22.0. The Balaban J connectivity index is 1.33. The van der Waals surface area contributed by atoms with Crippen molar-refractivity contribution < 1.29 is 31.9 Å². The Hall–Kier alpha value is -3.72. The fourth-order valence-electron chi connectivity index (χ4n) is 5.09. The van der Waals surface area contributed by atoms with E-state index in [-0.39, 0.29) is 41.4 Å². The number of benzene rings is 3. The predicted octanol–water partition coefficient (Wildman–Crippen LogP) is 5.68. The number of rotatable bonds is 13. The number of ketones is 1. The number of carbonyl (C=O) groups is 2. The third-order valence-electron chi connectivity index (χ3n) is 7.20. The summed E-state index contributed by atoms with van der Waals surface area (Å²) in [5, 5.41) is 5.96. The van der Waals surface area contributed by atoms with Crippen LogP contribution in [0.4, 0.5) is 17.6 Å². The van der Waals surface area contributed by atoms with Gasteiger partial charge in [0.2, 0.25) is 0 Å². The van der Waals surface area contributed by atoms with E-state index in [2.05, 4.69) is 10.6 Å². The van der Waals surface area contributed by atoms with Crippen molar-refractivity contribution in [3.8, 4) is 5.75 Å². The largest absolute Gasteiger partial charge is 0.481 e. The average molecular weight is 557 g/mol. The number of unbranched alkanes of at least 4 members (excludes halogenated alkanes) is 1. The molecule has 9 heteroatoms. The number of nitrogens with one attached hydrogen (secondary N) is 2. The molecule has 1 aliphatic heterocycles. The molecule has 0 aromatic heterocycles. The molecule has 3 aromatic rings. The Bertz CT molecular complexity index is 1230. The second kappa shape index (κ2) is 14.1. The van der Waals surface area contributed by atoms with Crippen molar-refractivity contribution >= 4 is 11.7 Å². The standard InChI is InChI=1S/C31H32F4N2O3/c32-23-9-5-20(6-10-23)26(21-7-11-24(33)12-8-21)3-1-2-4-28(38)31(22-15-16-36-18-22)37-30(39)19-40-29-14-13-25(34)17-27(29)35/h5-14,17,22,26,31,36H,1-4,15-16,18-19H2,(H,37,39). The summed E-state index contributed by atoms with van der Waals surface area (Å²) in [6.45, 7) is 0.809. The molecule has 5 nitrogen and oxygen atoms in total. The number of hydrogen-bond acceptors (Lipinski definition) is 4. The van der Waals surface area contributed by atoms with Crippen LogP contribution in [0.3, 0.4) is 0 Å². The molecular weight excluding hydrogens is 524 g/mol. The van der Waals surface area contributed by atoms with Gasteiger partial charge in [-0.25, -0.2) is 17.6 Å². The zero-order chi connectivity index (χ0) is 28.5. The van der Waals surface area contributed by atoms with Gasteiger partial charge >= 0.3 is 0 Å². The molecule has 3 aromatic carbocycles. The molecule has 0 saturated carbocycles. The Morgan fingerprint density at radius 1 is 0.875 bits per heavy atom. The number of carbonyl (C=O) groups excluding carboxylic acids is 2. The third kappa shape index (κ3) is 8.14. The van der Waals surface area contributed by atoms with Gasteiger partial charge in [0.05, 0.1) is 6.04 Å². The van der Waals surface area contributed by atoms with Crippen LogP contribution in [0.25, 0.3) is 0 Å². The highest BCUT2D eigenvalue weighted by atomic mass is 19.1. The zero-order valence-electron chi connectivity index (χ0n) is 22.0. The third-order valence-corrected chi connectivity index (χ3v) is 7.20. The highest BCUT2D eigenvalue weighted by Crippen LogP contribution is 2.30. The van der Waals surface area contributed by atoms with Crippen molar-refractivity contribution in [3.05, 3.63) is 101 Å². The first kappa shape index (κ1) is 29.3. The van der Waals surface area contributed by atoms with Gasteiger partial charge in [0.1, 0.15) is 17.5 Å². The Morgan fingerprint density at radius 2 is 1.50 bits per heavy atom. The van der Waals surface area contributed by atoms with E-state index in [1.807, 2.05) is 0 Å². The topological polar surface area (TPSA) is 67.4 Å². The SMILES string of the molecule is O=C(COc1ccc(F)cc1F)NC(C(=O)CCCCC(c1ccc(F)cc1)c1ccc(F)cc1)C1CCNC1. The van der Waals surface area contributed by atoms with E-state index >= 15 is 0 Å². The van der Waals surface area contributed by atoms with Crippen LogP contribution in [0.2, 0.25) is 0 Å². The Kier molecular flexibility index (Phi) is 10.3. The lowest BCUT2D eigenvalue weighted by Gasteiger charge is -2.23. The molecule has 1 amide bonds. The Morgan fingerprint density at radius 3 is 2.08 bits per heavy atom. The summed E-state index contributed by atoms with van der Waals surface area (Å²) < 4.78 is 59.1. The molecule has 1 heterocycles. The smallest absolute Gasteiger partial charge is 0.258 e. The molecule has 2 N–H and O–H groups in total. The maximum absolute atomic E-state index is 13.8. The van der Waals surface area contributed by atoms with Gasteiger partial charge in [-0.15, -0.1) is 0 Å². The van der Waals surface area contributed by atoms with Crippen molar-refractivity contribution in [1.82, 2.24) is 10.6 Å². The lowest BCUT2D eigenvalue weighted by atomic mass is 9.86. The molecule has 1 aliphatic rings. The number of ether oxygens (including phenoxy) is 1. The minimum Gasteiger partial charge on any atom is -0.481 e. The second-order valence-electron chi connectivity index (χ2n) is 10.0. The average Bonchev–Trinajstić information content (AvgIpc) is 3.47. The number of halogens is 4. The number of hydrogen-bond donors (Lipinski definition) is 2. The van der Waals surface area contributed by atoms with Crippen LogP contribution in [-0.4, -0.2) is 37.4 Å². The van der Waals surface area contributed by atoms with Crippen molar-refractivity contribution in [2.75, 3.05) is 19.7 Å². The first-order chi connectivity index (χ1) is 19.3. The van der Waals surface area contributed by atoms with Crippen molar-refractivity contribution in [2.24, 2.45) is 5.92 Å². The second-order valence-corrected chi connectivity index (χ2v) is 10.0. The monoisotopic (exact) mass is 556 g/mol. The summed E-state index contributed by atoms with van der Waals surface area (Å²) in [5.74, 6) is -3.43. The maximum atomic E-state index is 13.8. The van der Waals surface area contributed by atoms with E-state index in [0.29, 0.717) is 31.9 Å². The minimum absolute atomic E-state index is 0.0785. The van der Waals surface area contributed by atoms with Crippen LogP contribution in [0.1, 0.15) is 49.1 Å². The van der Waals surface area contributed by atoms with Crippen LogP contribution < -0.4 is 15.4 Å². The highest BCUT2D eigenvalue weighted by Gasteiger charge is 2.31. The predicted molar refractivity (Wildman–Crippen MR) is 143 cm³/mol. The van der Waals surface area contributed by atoms with Crippen LogP contribution in [0.15, 0.2) is 66.7 Å². The van der Waals surface area contributed by atoms with E-state index in [0.717, 1.165) is 36.2 Å². The lowest BCUT2D eigenvalue weighted by Crippen LogP contribution is -2.48. The molecule has 212 valence electrons. The van der Waals surface area contributed by atoms with Gasteiger partial charge in [0.25, 0.3) is 5.91 Å². The minimum atomic E-state index is -0.917. The van der Waals surface area contributed by atoms with Crippen molar-refractivity contribution in [3.63, 3.8) is 0 Å². The molecule has 0 aliphatic carbocycles. The summed E-state index contributed by atoms with van der Waals surface area (Å²) in [4.78, 5) is 25.8. The Labute approximate surface area is 230 Å². The molecule has 40 heavy (non-hydrogen) atoms. The van der Waals surface area contributed by atoms with E-state index in [9.17, 15) is 27.2 Å². The van der Waals surface area contributed by atoms with Gasteiger partial charge in [-0.1, -0.05) is 30.7 Å². The molecule has 2 unspecified atom stereocenters. The van der Waals surface area contributed by atoms with Gasteiger partial charge < -0.3 is 15.4 Å². The van der Waals surface area contributed by atoms with Crippen molar-refractivity contribution in [1.29, 1.82) is 0 Å². The summed E-state index contributed by atoms with van der Waals surface area (Å²) >= 11 is 0. The molecule has 1 fully saturated rings. The quantitative estimate of drug-likeness (QED) is 0.210. The molecule has 0 spiro atoms. The fourth-order valence-corrected chi connectivity index (χ4v) is 5.09. The first-order valence-corrected chi connectivity index (χ1v) is 13.4. The lowest BCUT2D eigenvalue weighted by molar-refractivity contribution is -0.130. The number of amides is 1. The normalized spacial score (nSPS) is 15.7. The maximum Gasteiger partial charge on any atom is 0.258 e. The molecule has 0 radical (unpaired) electrons. The van der Waals surface area contributed by atoms with Crippen molar-refractivity contribution in [2.45, 2.75) is 44.1 Å². The fraction of sp³-hybridized carbons (Fsp3) is 0.355. The van der Waals surface area contributed by atoms with Crippen LogP contribution >= 0.6 is 0 Å². The van der Waals surface area contributed by atoms with E-state index < -0.39 is 30.2 Å². The molecule has 0 bridgehead atoms. The van der Waals surface area contributed by atoms with E-state index in [1.165, 1.54) is 24.3 Å². The van der Waals surface area contributed by atoms with Crippen LogP contribution in [-0.2, 0) is 9.59 Å². The van der Waals surface area contributed by atoms with E-state index in [4.69, 9.17) is 4.74 Å². The molecular formula is C31H32F4N2O3. The van der Waals surface area contributed by atoms with Gasteiger partial charge in [0.15, 0.2) is 24.0 Å². The molecule has 1 saturated heterocycles. The highest BCUT2D eigenvalue weighted by molar-refractivity contribution is 5.89. The van der Waals surface area contributed by atoms with Gasteiger partial charge in [0, 0.05) is 24.9 Å².